The Morgan fingerprint density at radius 2 is 2.00 bits per heavy atom. The zero-order valence-electron chi connectivity index (χ0n) is 12.1. The van der Waals surface area contributed by atoms with Crippen molar-refractivity contribution in [3.05, 3.63) is 35.4 Å². The zero-order valence-corrected chi connectivity index (χ0v) is 12.1. The van der Waals surface area contributed by atoms with E-state index >= 15 is 0 Å². The van der Waals surface area contributed by atoms with Gasteiger partial charge in [-0.25, -0.2) is 8.78 Å². The quantitative estimate of drug-likeness (QED) is 0.837. The molecule has 0 aliphatic heterocycles. The van der Waals surface area contributed by atoms with Crippen LogP contribution in [0.5, 0.6) is 0 Å². The highest BCUT2D eigenvalue weighted by Gasteiger charge is 2.21. The van der Waals surface area contributed by atoms with Crippen LogP contribution in [-0.4, -0.2) is 35.6 Å². The van der Waals surface area contributed by atoms with Crippen molar-refractivity contribution >= 4 is 5.97 Å². The maximum atomic E-state index is 13.7. The molecule has 0 heterocycles. The number of hydrogen-bond donors (Lipinski definition) is 1. The second-order valence-electron chi connectivity index (χ2n) is 5.38. The van der Waals surface area contributed by atoms with Gasteiger partial charge in [-0.1, -0.05) is 19.9 Å². The largest absolute Gasteiger partial charge is 0.481 e. The van der Waals surface area contributed by atoms with Crippen molar-refractivity contribution < 1.29 is 18.7 Å². The summed E-state index contributed by atoms with van der Waals surface area (Å²) in [5.74, 6) is -1.76. The molecule has 0 spiro atoms. The molecule has 0 aliphatic carbocycles. The lowest BCUT2D eigenvalue weighted by Crippen LogP contribution is -2.39. The van der Waals surface area contributed by atoms with Gasteiger partial charge in [-0.15, -0.1) is 0 Å². The summed E-state index contributed by atoms with van der Waals surface area (Å²) in [4.78, 5) is 12.5. The van der Waals surface area contributed by atoms with Crippen LogP contribution in [0, 0.1) is 17.6 Å². The Morgan fingerprint density at radius 3 is 2.50 bits per heavy atom. The van der Waals surface area contributed by atoms with Gasteiger partial charge < -0.3 is 10.0 Å². The van der Waals surface area contributed by atoms with Gasteiger partial charge in [-0.2, -0.15) is 0 Å². The number of rotatable bonds is 7. The van der Waals surface area contributed by atoms with Crippen molar-refractivity contribution in [2.45, 2.75) is 32.7 Å². The highest BCUT2D eigenvalue weighted by Crippen LogP contribution is 2.18. The Hall–Kier alpha value is -1.49. The van der Waals surface area contributed by atoms with Crippen LogP contribution in [0.25, 0.3) is 0 Å². The van der Waals surface area contributed by atoms with Gasteiger partial charge in [0.05, 0.1) is 6.42 Å². The first kappa shape index (κ1) is 16.6. The average molecular weight is 285 g/mol. The van der Waals surface area contributed by atoms with Gasteiger partial charge >= 0.3 is 5.97 Å². The van der Waals surface area contributed by atoms with Crippen LogP contribution in [-0.2, 0) is 11.2 Å². The van der Waals surface area contributed by atoms with Crippen LogP contribution in [0.4, 0.5) is 8.78 Å². The summed E-state index contributed by atoms with van der Waals surface area (Å²) in [5.41, 5.74) is 0.451. The molecule has 0 bridgehead atoms. The Bertz CT molecular complexity index is 463. The fourth-order valence-electron chi connectivity index (χ4n) is 2.25. The lowest BCUT2D eigenvalue weighted by molar-refractivity contribution is -0.137. The summed E-state index contributed by atoms with van der Waals surface area (Å²) >= 11 is 0. The third kappa shape index (κ3) is 4.89. The Balaban J connectivity index is 2.78. The minimum absolute atomic E-state index is 0.00862. The van der Waals surface area contributed by atoms with Crippen LogP contribution in [0.3, 0.4) is 0 Å². The van der Waals surface area contributed by atoms with Gasteiger partial charge in [0.15, 0.2) is 0 Å². The maximum absolute atomic E-state index is 13.7. The first-order chi connectivity index (χ1) is 9.31. The van der Waals surface area contributed by atoms with E-state index < -0.39 is 17.6 Å². The molecule has 0 aromatic heterocycles. The average Bonchev–Trinajstić information content (AvgIpc) is 2.34. The normalized spacial score (nSPS) is 12.9. The Labute approximate surface area is 118 Å². The van der Waals surface area contributed by atoms with E-state index in [1.807, 2.05) is 25.8 Å². The summed E-state index contributed by atoms with van der Waals surface area (Å²) in [5, 5.41) is 8.72. The number of hydrogen-bond acceptors (Lipinski definition) is 2. The van der Waals surface area contributed by atoms with Crippen molar-refractivity contribution in [2.24, 2.45) is 5.92 Å². The molecule has 0 saturated carbocycles. The summed E-state index contributed by atoms with van der Waals surface area (Å²) in [6.45, 7) is 4.41. The van der Waals surface area contributed by atoms with E-state index in [0.29, 0.717) is 18.5 Å². The molecular weight excluding hydrogens is 264 g/mol. The molecule has 20 heavy (non-hydrogen) atoms. The maximum Gasteiger partial charge on any atom is 0.304 e. The summed E-state index contributed by atoms with van der Waals surface area (Å²) < 4.78 is 26.6. The minimum atomic E-state index is -0.854. The second-order valence-corrected chi connectivity index (χ2v) is 5.38. The molecule has 1 aromatic rings. The van der Waals surface area contributed by atoms with Crippen molar-refractivity contribution in [2.75, 3.05) is 13.6 Å². The third-order valence-electron chi connectivity index (χ3n) is 3.46. The molecule has 1 rings (SSSR count). The number of nitrogens with zero attached hydrogens (tertiary/aromatic N) is 1. The van der Waals surface area contributed by atoms with Crippen molar-refractivity contribution in [3.8, 4) is 0 Å². The van der Waals surface area contributed by atoms with Gasteiger partial charge in [0.1, 0.15) is 11.6 Å². The fraction of sp³-hybridized carbons (Fsp3) is 0.533. The zero-order chi connectivity index (χ0) is 15.3. The summed E-state index contributed by atoms with van der Waals surface area (Å²) in [6.07, 6.45) is 0.478. The molecule has 0 radical (unpaired) electrons. The van der Waals surface area contributed by atoms with Crippen molar-refractivity contribution in [3.63, 3.8) is 0 Å². The number of carboxylic acids is 1. The predicted octanol–water partition coefficient (Wildman–Crippen LogP) is 2.94. The van der Waals surface area contributed by atoms with Crippen molar-refractivity contribution in [1.29, 1.82) is 0 Å². The van der Waals surface area contributed by atoms with Crippen LogP contribution < -0.4 is 0 Å². The van der Waals surface area contributed by atoms with E-state index in [-0.39, 0.29) is 18.4 Å². The number of halogens is 2. The van der Waals surface area contributed by atoms with Crippen LogP contribution in [0.2, 0.25) is 0 Å². The van der Waals surface area contributed by atoms with E-state index in [2.05, 4.69) is 0 Å². The highest BCUT2D eigenvalue weighted by molar-refractivity contribution is 5.66. The Morgan fingerprint density at radius 1 is 1.35 bits per heavy atom. The van der Waals surface area contributed by atoms with Crippen LogP contribution in [0.1, 0.15) is 25.8 Å². The molecule has 1 aromatic carbocycles. The third-order valence-corrected chi connectivity index (χ3v) is 3.46. The smallest absolute Gasteiger partial charge is 0.304 e. The van der Waals surface area contributed by atoms with Gasteiger partial charge in [0.25, 0.3) is 0 Å². The number of benzene rings is 1. The number of carboxylic acid groups (broad SMARTS) is 1. The first-order valence-electron chi connectivity index (χ1n) is 6.67. The van der Waals surface area contributed by atoms with E-state index in [9.17, 15) is 13.6 Å². The van der Waals surface area contributed by atoms with E-state index in [1.165, 1.54) is 12.1 Å². The lowest BCUT2D eigenvalue weighted by Gasteiger charge is -2.31. The predicted molar refractivity (Wildman–Crippen MR) is 73.6 cm³/mol. The molecule has 5 heteroatoms. The lowest BCUT2D eigenvalue weighted by atomic mass is 9.94. The van der Waals surface area contributed by atoms with Gasteiger partial charge in [-0.3, -0.25) is 4.79 Å². The highest BCUT2D eigenvalue weighted by atomic mass is 19.1. The molecule has 1 N–H and O–H groups in total. The van der Waals surface area contributed by atoms with Crippen molar-refractivity contribution in [1.82, 2.24) is 4.90 Å². The molecule has 0 amide bonds. The number of carbonyl (C=O) groups is 1. The Kier molecular flexibility index (Phi) is 6.07. The minimum Gasteiger partial charge on any atom is -0.481 e. The monoisotopic (exact) mass is 285 g/mol. The molecule has 1 atom stereocenters. The second kappa shape index (κ2) is 7.33. The topological polar surface area (TPSA) is 40.5 Å². The number of aliphatic carboxylic acids is 1. The SMILES string of the molecule is CC(C)C(Cc1ccc(F)cc1F)N(C)CCC(=O)O. The summed E-state index contributed by atoms with van der Waals surface area (Å²) in [7, 11) is 1.83. The molecule has 0 aliphatic rings. The molecular formula is C15H21F2NO2. The van der Waals surface area contributed by atoms with Crippen LogP contribution >= 0.6 is 0 Å². The van der Waals surface area contributed by atoms with Gasteiger partial charge in [-0.05, 0) is 31.0 Å². The van der Waals surface area contributed by atoms with Crippen LogP contribution in [0.15, 0.2) is 18.2 Å². The first-order valence-corrected chi connectivity index (χ1v) is 6.67. The molecule has 1 unspecified atom stereocenters. The summed E-state index contributed by atoms with van der Waals surface area (Å²) in [6, 6.07) is 3.58. The molecule has 3 nitrogen and oxygen atoms in total. The molecule has 112 valence electrons. The fourth-order valence-corrected chi connectivity index (χ4v) is 2.25. The molecule has 0 fully saturated rings. The van der Waals surface area contributed by atoms with Gasteiger partial charge in [0, 0.05) is 18.7 Å². The van der Waals surface area contributed by atoms with E-state index in [1.54, 1.807) is 0 Å². The van der Waals surface area contributed by atoms with Gasteiger partial charge in [0.2, 0.25) is 0 Å². The van der Waals surface area contributed by atoms with E-state index in [0.717, 1.165) is 6.07 Å². The standard InChI is InChI=1S/C15H21F2NO2/c1-10(2)14(18(3)7-6-15(19)20)8-11-4-5-12(16)9-13(11)17/h4-5,9-10,14H,6-8H2,1-3H3,(H,19,20). The van der Waals surface area contributed by atoms with E-state index in [4.69, 9.17) is 5.11 Å². The molecule has 0 saturated heterocycles. The number of likely N-dealkylation sites (N-methyl/N-ethyl adjacent to an activating group) is 1.